The van der Waals surface area contributed by atoms with E-state index < -0.39 is 5.97 Å². The predicted octanol–water partition coefficient (Wildman–Crippen LogP) is 5.75. The lowest BCUT2D eigenvalue weighted by atomic mass is 10.0. The molecule has 0 aliphatic heterocycles. The number of unbranched alkanes of at least 4 members (excludes halogenated alkanes) is 8. The zero-order valence-electron chi connectivity index (χ0n) is 18.7. The second-order valence-electron chi connectivity index (χ2n) is 8.05. The molecule has 1 atom stereocenters. The largest absolute Gasteiger partial charge is 0.492 e. The summed E-state index contributed by atoms with van der Waals surface area (Å²) in [6, 6.07) is 12.4. The molecule has 0 radical (unpaired) electrons. The number of carbonyl (C=O) groups excluding carboxylic acids is 1. The minimum Gasteiger partial charge on any atom is -0.492 e. The molecule has 0 amide bonds. The van der Waals surface area contributed by atoms with Gasteiger partial charge in [-0.05, 0) is 12.0 Å². The average Bonchev–Trinajstić information content (AvgIpc) is 3.08. The van der Waals surface area contributed by atoms with Gasteiger partial charge in [-0.15, -0.1) is 4.73 Å². The van der Waals surface area contributed by atoms with Gasteiger partial charge in [-0.25, -0.2) is 4.79 Å². The lowest BCUT2D eigenvalue weighted by Crippen LogP contribution is -2.25. The lowest BCUT2D eigenvalue weighted by molar-refractivity contribution is -0.149. The van der Waals surface area contributed by atoms with Gasteiger partial charge in [0.1, 0.15) is 0 Å². The summed E-state index contributed by atoms with van der Waals surface area (Å²) in [6.45, 7) is 2.66. The fourth-order valence-corrected chi connectivity index (χ4v) is 3.54. The van der Waals surface area contributed by atoms with Gasteiger partial charge in [0.15, 0.2) is 0 Å². The quantitative estimate of drug-likeness (QED) is 0.331. The van der Waals surface area contributed by atoms with Gasteiger partial charge < -0.3 is 19.8 Å². The van der Waals surface area contributed by atoms with E-state index in [4.69, 9.17) is 9.57 Å². The molecule has 1 aromatic heterocycles. The van der Waals surface area contributed by atoms with Crippen molar-refractivity contribution in [3.8, 4) is 11.8 Å². The van der Waals surface area contributed by atoms with E-state index in [0.717, 1.165) is 29.6 Å². The first kappa shape index (κ1) is 24.8. The standard InChI is InChI=1S/C25H37NO5/c1-2-3-4-5-6-7-8-9-13-16-22(30-20-21-14-11-10-12-15-21)19-25(29)31-26-23(27)17-18-24(26)28/h10-12,14-15,17-18,22,27-28H,2-9,13,16,19-20H2,1H3. The summed E-state index contributed by atoms with van der Waals surface area (Å²) in [5.74, 6) is -1.21. The number of carbonyl (C=O) groups is 1. The smallest absolute Gasteiger partial charge is 0.335 e. The number of hydrogen-bond donors (Lipinski definition) is 2. The average molecular weight is 432 g/mol. The summed E-state index contributed by atoms with van der Waals surface area (Å²) in [7, 11) is 0. The van der Waals surface area contributed by atoms with Gasteiger partial charge in [-0.1, -0.05) is 95.0 Å². The van der Waals surface area contributed by atoms with Crippen LogP contribution in [0.3, 0.4) is 0 Å². The number of aromatic hydroxyl groups is 2. The van der Waals surface area contributed by atoms with Crippen LogP contribution >= 0.6 is 0 Å². The van der Waals surface area contributed by atoms with E-state index in [1.807, 2.05) is 30.3 Å². The third-order valence-electron chi connectivity index (χ3n) is 5.34. The first-order valence-electron chi connectivity index (χ1n) is 11.6. The van der Waals surface area contributed by atoms with E-state index >= 15 is 0 Å². The zero-order chi connectivity index (χ0) is 22.3. The molecule has 2 N–H and O–H groups in total. The Kier molecular flexibility index (Phi) is 11.6. The van der Waals surface area contributed by atoms with Crippen molar-refractivity contribution in [1.82, 2.24) is 4.73 Å². The topological polar surface area (TPSA) is 80.9 Å². The SMILES string of the molecule is CCCCCCCCCCCC(CC(=O)On1c(O)ccc1O)OCc1ccccc1. The van der Waals surface area contributed by atoms with Crippen molar-refractivity contribution >= 4 is 5.97 Å². The first-order valence-corrected chi connectivity index (χ1v) is 11.6. The van der Waals surface area contributed by atoms with Gasteiger partial charge in [0.05, 0.1) is 19.1 Å². The molecule has 6 heteroatoms. The van der Waals surface area contributed by atoms with E-state index in [-0.39, 0.29) is 24.3 Å². The number of rotatable bonds is 16. The summed E-state index contributed by atoms with van der Waals surface area (Å²) in [4.78, 5) is 17.4. The van der Waals surface area contributed by atoms with Gasteiger partial charge in [-0.3, -0.25) is 0 Å². The maximum absolute atomic E-state index is 12.4. The van der Waals surface area contributed by atoms with Crippen LogP contribution in [-0.2, 0) is 16.1 Å². The number of benzene rings is 1. The zero-order valence-corrected chi connectivity index (χ0v) is 18.7. The summed E-state index contributed by atoms with van der Waals surface area (Å²) < 4.78 is 6.73. The summed E-state index contributed by atoms with van der Waals surface area (Å²) in [5, 5.41) is 19.3. The fraction of sp³-hybridized carbons (Fsp3) is 0.560. The molecule has 31 heavy (non-hydrogen) atoms. The van der Waals surface area contributed by atoms with Crippen LogP contribution in [0.4, 0.5) is 0 Å². The molecule has 0 saturated carbocycles. The third kappa shape index (κ3) is 9.92. The van der Waals surface area contributed by atoms with Crippen LogP contribution in [0.15, 0.2) is 42.5 Å². The van der Waals surface area contributed by atoms with Crippen LogP contribution in [0.25, 0.3) is 0 Å². The molecule has 0 spiro atoms. The molecule has 1 aromatic carbocycles. The Bertz CT molecular complexity index is 724. The van der Waals surface area contributed by atoms with Crippen LogP contribution in [0, 0.1) is 0 Å². The normalized spacial score (nSPS) is 12.0. The molecule has 6 nitrogen and oxygen atoms in total. The van der Waals surface area contributed by atoms with Crippen molar-refractivity contribution in [3.05, 3.63) is 48.0 Å². The predicted molar refractivity (Wildman–Crippen MR) is 121 cm³/mol. The van der Waals surface area contributed by atoms with Crippen LogP contribution in [0.5, 0.6) is 11.8 Å². The second kappa shape index (κ2) is 14.5. The van der Waals surface area contributed by atoms with Crippen molar-refractivity contribution in [2.45, 2.75) is 90.3 Å². The number of hydrogen-bond acceptors (Lipinski definition) is 5. The first-order chi connectivity index (χ1) is 15.1. The molecule has 0 saturated heterocycles. The molecule has 0 aliphatic rings. The molecule has 2 aromatic rings. The second-order valence-corrected chi connectivity index (χ2v) is 8.05. The molecule has 1 heterocycles. The van der Waals surface area contributed by atoms with E-state index in [2.05, 4.69) is 6.92 Å². The van der Waals surface area contributed by atoms with E-state index in [1.54, 1.807) is 0 Å². The van der Waals surface area contributed by atoms with E-state index in [1.165, 1.54) is 57.1 Å². The summed E-state index contributed by atoms with van der Waals surface area (Å²) in [6.07, 6.45) is 11.7. The Balaban J connectivity index is 1.76. The van der Waals surface area contributed by atoms with Crippen LogP contribution in [0.1, 0.15) is 83.1 Å². The third-order valence-corrected chi connectivity index (χ3v) is 5.34. The maximum Gasteiger partial charge on any atom is 0.335 e. The van der Waals surface area contributed by atoms with Gasteiger partial charge in [0, 0.05) is 12.1 Å². The monoisotopic (exact) mass is 431 g/mol. The van der Waals surface area contributed by atoms with Crippen molar-refractivity contribution < 1.29 is 24.6 Å². The highest BCUT2D eigenvalue weighted by Gasteiger charge is 2.19. The minimum atomic E-state index is -0.559. The van der Waals surface area contributed by atoms with Crippen molar-refractivity contribution in [1.29, 1.82) is 0 Å². The van der Waals surface area contributed by atoms with Gasteiger partial charge in [0.25, 0.3) is 0 Å². The van der Waals surface area contributed by atoms with Crippen molar-refractivity contribution in [2.75, 3.05) is 0 Å². The Labute approximate surface area is 185 Å². The number of ether oxygens (including phenoxy) is 1. The molecule has 2 rings (SSSR count). The highest BCUT2D eigenvalue weighted by Crippen LogP contribution is 2.20. The Morgan fingerprint density at radius 2 is 1.45 bits per heavy atom. The van der Waals surface area contributed by atoms with Crippen molar-refractivity contribution in [2.24, 2.45) is 0 Å². The number of aromatic nitrogens is 1. The van der Waals surface area contributed by atoms with Crippen LogP contribution in [0.2, 0.25) is 0 Å². The van der Waals surface area contributed by atoms with Gasteiger partial charge in [-0.2, -0.15) is 0 Å². The molecule has 172 valence electrons. The summed E-state index contributed by atoms with van der Waals surface area (Å²) in [5.41, 5.74) is 1.05. The van der Waals surface area contributed by atoms with Crippen molar-refractivity contribution in [3.63, 3.8) is 0 Å². The molecule has 0 fully saturated rings. The molecular formula is C25H37NO5. The van der Waals surface area contributed by atoms with E-state index in [9.17, 15) is 15.0 Å². The maximum atomic E-state index is 12.4. The minimum absolute atomic E-state index is 0.0565. The molecule has 0 aliphatic carbocycles. The fourth-order valence-electron chi connectivity index (χ4n) is 3.54. The highest BCUT2D eigenvalue weighted by molar-refractivity contribution is 5.70. The van der Waals surface area contributed by atoms with Gasteiger partial charge >= 0.3 is 5.97 Å². The van der Waals surface area contributed by atoms with E-state index in [0.29, 0.717) is 6.61 Å². The molecular weight excluding hydrogens is 394 g/mol. The van der Waals surface area contributed by atoms with Gasteiger partial charge in [0.2, 0.25) is 11.8 Å². The Morgan fingerprint density at radius 3 is 2.06 bits per heavy atom. The number of nitrogens with zero attached hydrogens (tertiary/aromatic N) is 1. The lowest BCUT2D eigenvalue weighted by Gasteiger charge is -2.18. The molecule has 1 unspecified atom stereocenters. The Morgan fingerprint density at radius 1 is 0.871 bits per heavy atom. The summed E-state index contributed by atoms with van der Waals surface area (Å²) >= 11 is 0. The highest BCUT2D eigenvalue weighted by atomic mass is 16.7. The van der Waals surface area contributed by atoms with Crippen LogP contribution < -0.4 is 4.84 Å². The molecule has 0 bridgehead atoms. The Hall–Kier alpha value is -2.47. The van der Waals surface area contributed by atoms with Crippen LogP contribution in [-0.4, -0.2) is 27.0 Å².